The number of carbonyl (C=O) groups excluding carboxylic acids is 6. The van der Waals surface area contributed by atoms with E-state index in [1.807, 2.05) is 0 Å². The van der Waals surface area contributed by atoms with Gasteiger partial charge in [0.2, 0.25) is 0 Å². The van der Waals surface area contributed by atoms with E-state index in [9.17, 15) is 28.8 Å². The molecule has 1 aromatic rings. The summed E-state index contributed by atoms with van der Waals surface area (Å²) in [6, 6.07) is 4.93. The van der Waals surface area contributed by atoms with Crippen molar-refractivity contribution in [3.63, 3.8) is 0 Å². The largest absolute Gasteiger partial charge is 0.466 e. The second kappa shape index (κ2) is 16.9. The number of carbonyl (C=O) groups is 6. The maximum absolute atomic E-state index is 13.5. The van der Waals surface area contributed by atoms with Crippen molar-refractivity contribution in [1.82, 2.24) is 4.90 Å². The Hall–Kier alpha value is -3.84. The lowest BCUT2D eigenvalue weighted by Crippen LogP contribution is -2.67. The van der Waals surface area contributed by atoms with Gasteiger partial charge in [-0.05, 0) is 31.9 Å². The van der Waals surface area contributed by atoms with E-state index in [1.54, 1.807) is 19.1 Å². The monoisotopic (exact) mass is 619 g/mol. The molecule has 3 rings (SSSR count). The van der Waals surface area contributed by atoms with Crippen molar-refractivity contribution >= 4 is 35.7 Å². The Labute approximate surface area is 256 Å². The summed E-state index contributed by atoms with van der Waals surface area (Å²) in [6.45, 7) is 5.42. The first kappa shape index (κ1) is 34.6. The van der Waals surface area contributed by atoms with Crippen molar-refractivity contribution < 1.29 is 57.2 Å². The van der Waals surface area contributed by atoms with Crippen molar-refractivity contribution in [2.75, 3.05) is 19.8 Å². The van der Waals surface area contributed by atoms with Gasteiger partial charge in [0.1, 0.15) is 18.8 Å². The minimum atomic E-state index is -1.39. The number of fused-ring (bicyclic) bond motifs is 1. The summed E-state index contributed by atoms with van der Waals surface area (Å²) in [4.78, 5) is 75.5. The van der Waals surface area contributed by atoms with Crippen LogP contribution >= 0.6 is 0 Å². The average molecular weight is 620 g/mol. The molecule has 242 valence electrons. The molecule has 0 radical (unpaired) electrons. The fourth-order valence-electron chi connectivity index (χ4n) is 5.28. The molecule has 5 atom stereocenters. The smallest absolute Gasteiger partial charge is 0.305 e. The first-order valence-electron chi connectivity index (χ1n) is 14.9. The Balaban J connectivity index is 1.78. The molecule has 2 amide bonds. The van der Waals surface area contributed by atoms with Gasteiger partial charge in [0.15, 0.2) is 18.5 Å². The SMILES string of the molecule is CCOC(=O)CCCCCCCCO[C@@H]1OC(COC(C)=O)[C@H](OC(C)=O)C(OC(C)=O)C1N1C(=O)c2ccccc2C1=O. The van der Waals surface area contributed by atoms with Crippen molar-refractivity contribution in [2.45, 2.75) is 103 Å². The van der Waals surface area contributed by atoms with Crippen LogP contribution in [0.25, 0.3) is 0 Å². The summed E-state index contributed by atoms with van der Waals surface area (Å²) in [7, 11) is 0. The standard InChI is InChI=1S/C31H41NO12/c1-5-39-25(36)16-10-8-6-7-9-13-17-40-31-26(32-29(37)22-14-11-12-15-23(22)30(32)38)28(43-21(4)35)27(42-20(3)34)24(44-31)18-41-19(2)33/h11-12,14-15,24,26-28,31H,5-10,13,16-18H2,1-4H3/t24?,26?,27-,28?,31+/m0/s1. The van der Waals surface area contributed by atoms with E-state index in [1.165, 1.54) is 19.1 Å². The fourth-order valence-corrected chi connectivity index (χ4v) is 5.28. The third kappa shape index (κ3) is 9.33. The van der Waals surface area contributed by atoms with Crippen molar-refractivity contribution in [3.8, 4) is 0 Å². The van der Waals surface area contributed by atoms with Gasteiger partial charge in [-0.25, -0.2) is 0 Å². The molecule has 1 fully saturated rings. The van der Waals surface area contributed by atoms with Gasteiger partial charge in [0.25, 0.3) is 11.8 Å². The minimum absolute atomic E-state index is 0.159. The van der Waals surface area contributed by atoms with Gasteiger partial charge < -0.3 is 28.4 Å². The zero-order valence-corrected chi connectivity index (χ0v) is 25.6. The average Bonchev–Trinajstić information content (AvgIpc) is 3.21. The molecule has 44 heavy (non-hydrogen) atoms. The summed E-state index contributed by atoms with van der Waals surface area (Å²) in [6.07, 6.45) is 0.0563. The van der Waals surface area contributed by atoms with Crippen LogP contribution in [0.5, 0.6) is 0 Å². The number of nitrogens with zero attached hydrogens (tertiary/aromatic N) is 1. The maximum atomic E-state index is 13.5. The molecule has 1 saturated heterocycles. The van der Waals surface area contributed by atoms with Crippen LogP contribution in [0.3, 0.4) is 0 Å². The lowest BCUT2D eigenvalue weighted by Gasteiger charge is -2.47. The molecule has 0 spiro atoms. The fraction of sp³-hybridized carbons (Fsp3) is 0.613. The van der Waals surface area contributed by atoms with Crippen LogP contribution in [-0.2, 0) is 47.6 Å². The quantitative estimate of drug-likeness (QED) is 0.115. The van der Waals surface area contributed by atoms with Crippen LogP contribution in [0, 0.1) is 0 Å². The van der Waals surface area contributed by atoms with Gasteiger partial charge in [0.05, 0.1) is 17.7 Å². The maximum Gasteiger partial charge on any atom is 0.305 e. The van der Waals surface area contributed by atoms with Gasteiger partial charge in [-0.3, -0.25) is 33.7 Å². The van der Waals surface area contributed by atoms with Crippen molar-refractivity contribution in [3.05, 3.63) is 35.4 Å². The molecule has 13 heteroatoms. The van der Waals surface area contributed by atoms with E-state index in [-0.39, 0.29) is 30.3 Å². The molecular weight excluding hydrogens is 578 g/mol. The Morgan fingerprint density at radius 3 is 1.91 bits per heavy atom. The first-order chi connectivity index (χ1) is 21.0. The van der Waals surface area contributed by atoms with E-state index >= 15 is 0 Å². The van der Waals surface area contributed by atoms with E-state index in [0.29, 0.717) is 19.4 Å². The molecule has 2 aliphatic heterocycles. The van der Waals surface area contributed by atoms with E-state index in [0.717, 1.165) is 50.9 Å². The highest BCUT2D eigenvalue weighted by atomic mass is 16.7. The third-order valence-corrected chi connectivity index (χ3v) is 7.16. The highest BCUT2D eigenvalue weighted by molar-refractivity contribution is 6.21. The summed E-state index contributed by atoms with van der Waals surface area (Å²) in [5.74, 6) is -3.62. The van der Waals surface area contributed by atoms with E-state index < -0.39 is 60.4 Å². The predicted molar refractivity (Wildman–Crippen MR) is 152 cm³/mol. The molecule has 13 nitrogen and oxygen atoms in total. The van der Waals surface area contributed by atoms with E-state index in [4.69, 9.17) is 28.4 Å². The predicted octanol–water partition coefficient (Wildman–Crippen LogP) is 3.11. The number of rotatable bonds is 16. The highest BCUT2D eigenvalue weighted by Crippen LogP contribution is 2.35. The Bertz CT molecular complexity index is 1160. The number of hydrogen-bond acceptors (Lipinski definition) is 12. The Morgan fingerprint density at radius 1 is 0.773 bits per heavy atom. The van der Waals surface area contributed by atoms with Crippen LogP contribution in [0.1, 0.15) is 93.4 Å². The second-order valence-corrected chi connectivity index (χ2v) is 10.6. The normalized spacial score (nSPS) is 22.7. The molecule has 0 saturated carbocycles. The Kier molecular flexibility index (Phi) is 13.3. The number of hydrogen-bond donors (Lipinski definition) is 0. The zero-order valence-electron chi connectivity index (χ0n) is 25.6. The third-order valence-electron chi connectivity index (χ3n) is 7.16. The molecular formula is C31H41NO12. The van der Waals surface area contributed by atoms with Gasteiger partial charge in [-0.15, -0.1) is 0 Å². The van der Waals surface area contributed by atoms with Gasteiger partial charge >= 0.3 is 23.9 Å². The number of esters is 4. The van der Waals surface area contributed by atoms with Gasteiger partial charge in [0, 0.05) is 33.8 Å². The summed E-state index contributed by atoms with van der Waals surface area (Å²) >= 11 is 0. The topological polar surface area (TPSA) is 161 Å². The highest BCUT2D eigenvalue weighted by Gasteiger charge is 2.57. The molecule has 0 aromatic heterocycles. The van der Waals surface area contributed by atoms with E-state index in [2.05, 4.69) is 0 Å². The molecule has 0 aliphatic carbocycles. The summed E-state index contributed by atoms with van der Waals surface area (Å²) < 4.78 is 33.4. The number of unbranched alkanes of at least 4 members (excludes halogenated alkanes) is 5. The molecule has 1 aromatic carbocycles. The van der Waals surface area contributed by atoms with Gasteiger partial charge in [-0.1, -0.05) is 37.8 Å². The van der Waals surface area contributed by atoms with Crippen LogP contribution in [0.2, 0.25) is 0 Å². The zero-order chi connectivity index (χ0) is 32.2. The van der Waals surface area contributed by atoms with Crippen LogP contribution in [-0.4, -0.2) is 91.1 Å². The molecule has 2 aliphatic rings. The first-order valence-corrected chi connectivity index (χ1v) is 14.9. The number of amides is 2. The minimum Gasteiger partial charge on any atom is -0.466 e. The van der Waals surface area contributed by atoms with Crippen LogP contribution < -0.4 is 0 Å². The Morgan fingerprint density at radius 2 is 1.34 bits per heavy atom. The lowest BCUT2D eigenvalue weighted by atomic mass is 9.94. The van der Waals surface area contributed by atoms with Crippen LogP contribution in [0.15, 0.2) is 24.3 Å². The number of ether oxygens (including phenoxy) is 6. The summed E-state index contributed by atoms with van der Waals surface area (Å²) in [5, 5.41) is 0. The molecule has 0 N–H and O–H groups in total. The summed E-state index contributed by atoms with van der Waals surface area (Å²) in [5.41, 5.74) is 0.318. The van der Waals surface area contributed by atoms with Crippen LogP contribution in [0.4, 0.5) is 0 Å². The van der Waals surface area contributed by atoms with Gasteiger partial charge in [-0.2, -0.15) is 0 Å². The van der Waals surface area contributed by atoms with Crippen molar-refractivity contribution in [1.29, 1.82) is 0 Å². The molecule has 2 heterocycles. The number of imide groups is 1. The lowest BCUT2D eigenvalue weighted by molar-refractivity contribution is -0.286. The molecule has 3 unspecified atom stereocenters. The number of benzene rings is 1. The molecule has 0 bridgehead atoms. The van der Waals surface area contributed by atoms with Crippen molar-refractivity contribution in [2.24, 2.45) is 0 Å². The second-order valence-electron chi connectivity index (χ2n) is 10.6.